The molecule has 0 N–H and O–H groups in total. The number of hydrogen-bond donors (Lipinski definition) is 0. The Balaban J connectivity index is 2.04. The number of hydrogen-bond acceptors (Lipinski definition) is 2. The Morgan fingerprint density at radius 3 is 2.33 bits per heavy atom. The summed E-state index contributed by atoms with van der Waals surface area (Å²) in [6.45, 7) is 4.14. The Bertz CT molecular complexity index is 524. The molecule has 2 nitrogen and oxygen atoms in total. The zero-order valence-corrected chi connectivity index (χ0v) is 10.6. The summed E-state index contributed by atoms with van der Waals surface area (Å²) in [6, 6.07) is 16.4. The van der Waals surface area contributed by atoms with Gasteiger partial charge in [0.2, 0.25) is 0 Å². The van der Waals surface area contributed by atoms with Crippen LogP contribution in [0, 0.1) is 19.9 Å². The third-order valence-electron chi connectivity index (χ3n) is 2.59. The van der Waals surface area contributed by atoms with E-state index in [1.54, 1.807) is 12.1 Å². The molecule has 18 heavy (non-hydrogen) atoms. The van der Waals surface area contributed by atoms with Gasteiger partial charge in [0, 0.05) is 0 Å². The van der Waals surface area contributed by atoms with E-state index in [0.717, 1.165) is 16.7 Å². The number of benzene rings is 2. The smallest absolute Gasteiger partial charge is 0.338 e. The van der Waals surface area contributed by atoms with Crippen LogP contribution in [0.15, 0.2) is 42.5 Å². The molecule has 2 rings (SSSR count). The van der Waals surface area contributed by atoms with E-state index < -0.39 is 0 Å². The first kappa shape index (κ1) is 12.4. The van der Waals surface area contributed by atoms with Crippen LogP contribution in [-0.4, -0.2) is 5.97 Å². The number of aryl methyl sites for hydroxylation is 2. The molecule has 0 aliphatic carbocycles. The lowest BCUT2D eigenvalue weighted by Crippen LogP contribution is -2.06. The quantitative estimate of drug-likeness (QED) is 0.767. The van der Waals surface area contributed by atoms with Crippen molar-refractivity contribution < 1.29 is 9.53 Å². The maximum Gasteiger partial charge on any atom is 0.338 e. The van der Waals surface area contributed by atoms with Crippen LogP contribution >= 0.6 is 0 Å². The highest BCUT2D eigenvalue weighted by Gasteiger charge is 2.08. The predicted octanol–water partition coefficient (Wildman–Crippen LogP) is 3.46. The molecule has 0 spiro atoms. The van der Waals surface area contributed by atoms with E-state index in [1.807, 2.05) is 44.2 Å². The summed E-state index contributed by atoms with van der Waals surface area (Å²) >= 11 is 0. The first-order chi connectivity index (χ1) is 8.65. The van der Waals surface area contributed by atoms with Crippen molar-refractivity contribution in [3.63, 3.8) is 0 Å². The van der Waals surface area contributed by atoms with Gasteiger partial charge in [-0.15, -0.1) is 0 Å². The van der Waals surface area contributed by atoms with Gasteiger partial charge in [-0.3, -0.25) is 0 Å². The standard InChI is InChI=1S/C16H15O2/c1-12-8-13(2)10-15(9-12)16(17)18-11-14-6-4-3-5-7-14/h3-7,9-10H,11H2,1-2H3. The Labute approximate surface area is 107 Å². The molecule has 0 bridgehead atoms. The molecule has 0 heterocycles. The Morgan fingerprint density at radius 2 is 1.72 bits per heavy atom. The maximum absolute atomic E-state index is 11.9. The lowest BCUT2D eigenvalue weighted by Gasteiger charge is -2.06. The summed E-state index contributed by atoms with van der Waals surface area (Å²) in [5.41, 5.74) is 3.46. The summed E-state index contributed by atoms with van der Waals surface area (Å²) < 4.78 is 5.27. The summed E-state index contributed by atoms with van der Waals surface area (Å²) in [5, 5.41) is 0. The summed E-state index contributed by atoms with van der Waals surface area (Å²) in [7, 11) is 0. The van der Waals surface area contributed by atoms with Gasteiger partial charge in [-0.2, -0.15) is 0 Å². The molecule has 0 unspecified atom stereocenters. The molecular formula is C16H15O2. The van der Waals surface area contributed by atoms with Gasteiger partial charge in [-0.1, -0.05) is 30.3 Å². The van der Waals surface area contributed by atoms with Gasteiger partial charge in [-0.25, -0.2) is 4.79 Å². The van der Waals surface area contributed by atoms with Gasteiger partial charge >= 0.3 is 5.97 Å². The average molecular weight is 239 g/mol. The van der Waals surface area contributed by atoms with Crippen molar-refractivity contribution >= 4 is 5.97 Å². The van der Waals surface area contributed by atoms with E-state index in [1.165, 1.54) is 0 Å². The van der Waals surface area contributed by atoms with Gasteiger partial charge < -0.3 is 4.74 Å². The SMILES string of the molecule is Cc1[c]c(C)cc(C(=O)OCc2ccccc2)c1. The Morgan fingerprint density at radius 1 is 1.11 bits per heavy atom. The minimum atomic E-state index is -0.293. The van der Waals surface area contributed by atoms with Crippen LogP contribution in [-0.2, 0) is 11.3 Å². The fraction of sp³-hybridized carbons (Fsp3) is 0.188. The Hall–Kier alpha value is -2.09. The second-order valence-electron chi connectivity index (χ2n) is 4.30. The third-order valence-corrected chi connectivity index (χ3v) is 2.59. The molecule has 1 radical (unpaired) electrons. The fourth-order valence-corrected chi connectivity index (χ4v) is 1.82. The van der Waals surface area contributed by atoms with Gasteiger partial charge in [0.15, 0.2) is 0 Å². The molecular weight excluding hydrogens is 224 g/mol. The summed E-state index contributed by atoms with van der Waals surface area (Å²) in [4.78, 5) is 11.9. The summed E-state index contributed by atoms with van der Waals surface area (Å²) in [6.07, 6.45) is 0. The van der Waals surface area contributed by atoms with Crippen molar-refractivity contribution in [3.05, 3.63) is 70.8 Å². The minimum absolute atomic E-state index is 0.293. The number of carbonyl (C=O) groups is 1. The number of esters is 1. The topological polar surface area (TPSA) is 26.3 Å². The molecule has 2 aromatic carbocycles. The molecule has 0 aliphatic rings. The zero-order valence-electron chi connectivity index (χ0n) is 10.6. The molecule has 0 aromatic heterocycles. The molecule has 0 saturated heterocycles. The fourth-order valence-electron chi connectivity index (χ4n) is 1.82. The first-order valence-corrected chi connectivity index (χ1v) is 5.87. The largest absolute Gasteiger partial charge is 0.457 e. The molecule has 2 aromatic rings. The van der Waals surface area contributed by atoms with Crippen molar-refractivity contribution in [2.75, 3.05) is 0 Å². The van der Waals surface area contributed by atoms with Crippen LogP contribution in [0.3, 0.4) is 0 Å². The van der Waals surface area contributed by atoms with Crippen LogP contribution in [0.2, 0.25) is 0 Å². The van der Waals surface area contributed by atoms with Gasteiger partial charge in [-0.05, 0) is 48.7 Å². The van der Waals surface area contributed by atoms with E-state index in [2.05, 4.69) is 6.07 Å². The number of carbonyl (C=O) groups excluding carboxylic acids is 1. The van der Waals surface area contributed by atoms with Crippen molar-refractivity contribution in [1.82, 2.24) is 0 Å². The molecule has 91 valence electrons. The van der Waals surface area contributed by atoms with E-state index >= 15 is 0 Å². The number of rotatable bonds is 3. The van der Waals surface area contributed by atoms with E-state index in [9.17, 15) is 4.79 Å². The molecule has 0 atom stereocenters. The monoisotopic (exact) mass is 239 g/mol. The van der Waals surface area contributed by atoms with E-state index in [0.29, 0.717) is 12.2 Å². The van der Waals surface area contributed by atoms with E-state index in [-0.39, 0.29) is 5.97 Å². The normalized spacial score (nSPS) is 10.1. The van der Waals surface area contributed by atoms with Crippen LogP contribution in [0.1, 0.15) is 27.0 Å². The molecule has 2 heteroatoms. The van der Waals surface area contributed by atoms with Crippen LogP contribution < -0.4 is 0 Å². The number of ether oxygens (including phenoxy) is 1. The summed E-state index contributed by atoms with van der Waals surface area (Å²) in [5.74, 6) is -0.293. The van der Waals surface area contributed by atoms with Crippen molar-refractivity contribution in [1.29, 1.82) is 0 Å². The molecule has 0 saturated carbocycles. The van der Waals surface area contributed by atoms with Gasteiger partial charge in [0.05, 0.1) is 5.56 Å². The lowest BCUT2D eigenvalue weighted by atomic mass is 10.1. The maximum atomic E-state index is 11.9. The average Bonchev–Trinajstić information content (AvgIpc) is 2.36. The molecule has 0 amide bonds. The first-order valence-electron chi connectivity index (χ1n) is 5.87. The molecule has 0 aliphatic heterocycles. The minimum Gasteiger partial charge on any atom is -0.457 e. The highest BCUT2D eigenvalue weighted by Crippen LogP contribution is 2.10. The predicted molar refractivity (Wildman–Crippen MR) is 70.3 cm³/mol. The highest BCUT2D eigenvalue weighted by atomic mass is 16.5. The zero-order chi connectivity index (χ0) is 13.0. The van der Waals surface area contributed by atoms with Crippen molar-refractivity contribution in [2.45, 2.75) is 20.5 Å². The Kier molecular flexibility index (Phi) is 3.78. The van der Waals surface area contributed by atoms with Gasteiger partial charge in [0.1, 0.15) is 6.61 Å². The second-order valence-corrected chi connectivity index (χ2v) is 4.30. The van der Waals surface area contributed by atoms with Crippen LogP contribution in [0.4, 0.5) is 0 Å². The van der Waals surface area contributed by atoms with Crippen molar-refractivity contribution in [2.24, 2.45) is 0 Å². The highest BCUT2D eigenvalue weighted by molar-refractivity contribution is 5.89. The van der Waals surface area contributed by atoms with E-state index in [4.69, 9.17) is 4.74 Å². The molecule has 0 fully saturated rings. The van der Waals surface area contributed by atoms with Gasteiger partial charge in [0.25, 0.3) is 0 Å². The van der Waals surface area contributed by atoms with Crippen LogP contribution in [0.25, 0.3) is 0 Å². The third kappa shape index (κ3) is 3.20. The van der Waals surface area contributed by atoms with Crippen LogP contribution in [0.5, 0.6) is 0 Å². The second kappa shape index (κ2) is 5.50. The van der Waals surface area contributed by atoms with Crippen molar-refractivity contribution in [3.8, 4) is 0 Å². The lowest BCUT2D eigenvalue weighted by molar-refractivity contribution is 0.0472.